The highest BCUT2D eigenvalue weighted by Crippen LogP contribution is 2.68. The van der Waals surface area contributed by atoms with Gasteiger partial charge in [-0.05, 0) is 122 Å². The number of fused-ring (bicyclic) bond motifs is 5. The van der Waals surface area contributed by atoms with Gasteiger partial charge in [0.25, 0.3) is 0 Å². The lowest BCUT2D eigenvalue weighted by atomic mass is 9.44. The lowest BCUT2D eigenvalue weighted by Gasteiger charge is -2.61. The topological polar surface area (TPSA) is 20.2 Å². The number of aliphatic hydroxyl groups is 1. The van der Waals surface area contributed by atoms with Crippen LogP contribution in [0.15, 0.2) is 0 Å². The van der Waals surface area contributed by atoms with Crippen LogP contribution in [0.4, 0.5) is 0 Å². The zero-order valence-electron chi connectivity index (χ0n) is 21.1. The van der Waals surface area contributed by atoms with E-state index in [9.17, 15) is 5.11 Å². The average Bonchev–Trinajstić information content (AvgIpc) is 3.06. The fraction of sp³-hybridized carbons (Fsp3) is 1.00. The molecule has 4 aliphatic carbocycles. The molecule has 0 aliphatic heterocycles. The fourth-order valence-electron chi connectivity index (χ4n) is 9.90. The molecular formula is C29H52O. The molecule has 4 rings (SSSR count). The highest BCUT2D eigenvalue weighted by molar-refractivity contribution is 5.09. The van der Waals surface area contributed by atoms with Gasteiger partial charge in [-0.1, -0.05) is 54.4 Å². The SMILES string of the molecule is CCC(CCC(C)[C@H]1CC[C@H]2[C@@H]3CC[C@H]4C[C@@H](O)CC[C@]4(C)[C@H]3CC[C@]12C)C(C)C. The number of rotatable bonds is 6. The molecule has 1 N–H and O–H groups in total. The van der Waals surface area contributed by atoms with E-state index < -0.39 is 0 Å². The van der Waals surface area contributed by atoms with Gasteiger partial charge in [0.05, 0.1) is 6.10 Å². The van der Waals surface area contributed by atoms with Crippen molar-refractivity contribution in [1.82, 2.24) is 0 Å². The zero-order chi connectivity index (χ0) is 21.7. The maximum atomic E-state index is 10.3. The second-order valence-corrected chi connectivity index (χ2v) is 13.3. The summed E-state index contributed by atoms with van der Waals surface area (Å²) in [5.41, 5.74) is 1.14. The summed E-state index contributed by atoms with van der Waals surface area (Å²) in [7, 11) is 0. The van der Waals surface area contributed by atoms with E-state index in [1.165, 1.54) is 64.2 Å². The summed E-state index contributed by atoms with van der Waals surface area (Å²) < 4.78 is 0. The molecule has 2 unspecified atom stereocenters. The van der Waals surface area contributed by atoms with Crippen LogP contribution in [-0.4, -0.2) is 11.2 Å². The minimum absolute atomic E-state index is 0.0111. The van der Waals surface area contributed by atoms with Gasteiger partial charge in [0.15, 0.2) is 0 Å². The van der Waals surface area contributed by atoms with Gasteiger partial charge in [-0.3, -0.25) is 0 Å². The lowest BCUT2D eigenvalue weighted by molar-refractivity contribution is -0.129. The first kappa shape index (κ1) is 23.1. The van der Waals surface area contributed by atoms with E-state index in [2.05, 4.69) is 41.5 Å². The number of hydrogen-bond donors (Lipinski definition) is 1. The van der Waals surface area contributed by atoms with Crippen molar-refractivity contribution < 1.29 is 5.11 Å². The van der Waals surface area contributed by atoms with Crippen LogP contribution in [0.2, 0.25) is 0 Å². The molecule has 4 aliphatic rings. The summed E-state index contributed by atoms with van der Waals surface area (Å²) in [5.74, 6) is 7.34. The molecule has 0 aromatic heterocycles. The molecule has 0 spiro atoms. The van der Waals surface area contributed by atoms with E-state index in [0.29, 0.717) is 10.8 Å². The lowest BCUT2D eigenvalue weighted by Crippen LogP contribution is -2.54. The van der Waals surface area contributed by atoms with Crippen molar-refractivity contribution >= 4 is 0 Å². The minimum atomic E-state index is -0.0111. The number of aliphatic hydroxyl groups excluding tert-OH is 1. The van der Waals surface area contributed by atoms with Gasteiger partial charge in [-0.2, -0.15) is 0 Å². The van der Waals surface area contributed by atoms with Crippen molar-refractivity contribution in [3.8, 4) is 0 Å². The third-order valence-electron chi connectivity index (χ3n) is 11.9. The molecule has 0 aromatic rings. The van der Waals surface area contributed by atoms with Crippen LogP contribution < -0.4 is 0 Å². The van der Waals surface area contributed by atoms with Crippen molar-refractivity contribution in [2.75, 3.05) is 0 Å². The molecule has 1 heteroatoms. The molecule has 4 saturated carbocycles. The maximum absolute atomic E-state index is 10.3. The first-order valence-electron chi connectivity index (χ1n) is 13.9. The highest BCUT2D eigenvalue weighted by atomic mass is 16.3. The minimum Gasteiger partial charge on any atom is -0.393 e. The molecule has 174 valence electrons. The summed E-state index contributed by atoms with van der Waals surface area (Å²) in [6, 6.07) is 0. The van der Waals surface area contributed by atoms with Crippen LogP contribution in [0, 0.1) is 58.2 Å². The molecular weight excluding hydrogens is 364 g/mol. The van der Waals surface area contributed by atoms with E-state index >= 15 is 0 Å². The normalized spacial score (nSPS) is 48.0. The molecule has 0 saturated heterocycles. The zero-order valence-corrected chi connectivity index (χ0v) is 21.1. The third-order valence-corrected chi connectivity index (χ3v) is 11.9. The van der Waals surface area contributed by atoms with Crippen molar-refractivity contribution in [1.29, 1.82) is 0 Å². The maximum Gasteiger partial charge on any atom is 0.0543 e. The first-order chi connectivity index (χ1) is 14.2. The summed E-state index contributed by atoms with van der Waals surface area (Å²) in [4.78, 5) is 0. The molecule has 10 atom stereocenters. The van der Waals surface area contributed by atoms with Crippen molar-refractivity contribution in [2.45, 2.75) is 125 Å². The van der Waals surface area contributed by atoms with E-state index in [4.69, 9.17) is 0 Å². The van der Waals surface area contributed by atoms with E-state index in [1.807, 2.05) is 0 Å². The molecule has 0 aromatic carbocycles. The molecule has 0 radical (unpaired) electrons. The Morgan fingerprint density at radius 3 is 2.23 bits per heavy atom. The molecule has 0 heterocycles. The summed E-state index contributed by atoms with van der Waals surface area (Å²) >= 11 is 0. The molecule has 1 nitrogen and oxygen atoms in total. The van der Waals surface area contributed by atoms with Crippen LogP contribution in [-0.2, 0) is 0 Å². The van der Waals surface area contributed by atoms with Gasteiger partial charge < -0.3 is 5.11 Å². The molecule has 0 amide bonds. The van der Waals surface area contributed by atoms with Crippen LogP contribution in [0.25, 0.3) is 0 Å². The van der Waals surface area contributed by atoms with Crippen molar-refractivity contribution in [3.63, 3.8) is 0 Å². The van der Waals surface area contributed by atoms with Gasteiger partial charge in [0, 0.05) is 0 Å². The van der Waals surface area contributed by atoms with Crippen molar-refractivity contribution in [3.05, 3.63) is 0 Å². The Hall–Kier alpha value is -0.0400. The highest BCUT2D eigenvalue weighted by Gasteiger charge is 2.60. The van der Waals surface area contributed by atoms with Gasteiger partial charge >= 0.3 is 0 Å². The van der Waals surface area contributed by atoms with E-state index in [1.54, 1.807) is 0 Å². The Balaban J connectivity index is 1.45. The van der Waals surface area contributed by atoms with Crippen LogP contribution in [0.1, 0.15) is 119 Å². The largest absolute Gasteiger partial charge is 0.393 e. The predicted octanol–water partition coefficient (Wildman–Crippen LogP) is 8.10. The fourth-order valence-corrected chi connectivity index (χ4v) is 9.90. The summed E-state index contributed by atoms with van der Waals surface area (Å²) in [6.45, 7) is 15.2. The Bertz CT molecular complexity index is 583. The molecule has 4 fully saturated rings. The third kappa shape index (κ3) is 3.82. The van der Waals surface area contributed by atoms with Gasteiger partial charge in [-0.15, -0.1) is 0 Å². The monoisotopic (exact) mass is 416 g/mol. The van der Waals surface area contributed by atoms with Crippen LogP contribution in [0.3, 0.4) is 0 Å². The average molecular weight is 417 g/mol. The smallest absolute Gasteiger partial charge is 0.0543 e. The van der Waals surface area contributed by atoms with Gasteiger partial charge in [-0.25, -0.2) is 0 Å². The second-order valence-electron chi connectivity index (χ2n) is 13.3. The van der Waals surface area contributed by atoms with Crippen LogP contribution in [0.5, 0.6) is 0 Å². The second kappa shape index (κ2) is 8.72. The quantitative estimate of drug-likeness (QED) is 0.463. The van der Waals surface area contributed by atoms with E-state index in [-0.39, 0.29) is 6.10 Å². The van der Waals surface area contributed by atoms with Crippen molar-refractivity contribution in [2.24, 2.45) is 58.2 Å². The van der Waals surface area contributed by atoms with E-state index in [0.717, 1.165) is 60.2 Å². The Labute approximate surface area is 188 Å². The predicted molar refractivity (Wildman–Crippen MR) is 128 cm³/mol. The Morgan fingerprint density at radius 1 is 0.833 bits per heavy atom. The molecule has 30 heavy (non-hydrogen) atoms. The molecule has 0 bridgehead atoms. The number of hydrogen-bond acceptors (Lipinski definition) is 1. The van der Waals surface area contributed by atoms with Gasteiger partial charge in [0.2, 0.25) is 0 Å². The standard InChI is InChI=1S/C29H52O/c1-7-21(19(2)3)9-8-20(4)25-12-13-26-24-11-10-22-18-23(30)14-16-28(22,5)27(24)15-17-29(25,26)6/h19-27,30H,7-18H2,1-6H3/t20?,21?,22-,23-,24-,25+,26-,27-,28-,29+/m0/s1. The Morgan fingerprint density at radius 2 is 1.53 bits per heavy atom. The Kier molecular flexibility index (Phi) is 6.72. The summed E-state index contributed by atoms with van der Waals surface area (Å²) in [5, 5.41) is 10.3. The van der Waals surface area contributed by atoms with Gasteiger partial charge in [0.1, 0.15) is 0 Å². The first-order valence-corrected chi connectivity index (χ1v) is 13.9. The summed E-state index contributed by atoms with van der Waals surface area (Å²) in [6.07, 6.45) is 16.5. The van der Waals surface area contributed by atoms with Crippen LogP contribution >= 0.6 is 0 Å².